The van der Waals surface area contributed by atoms with E-state index in [4.69, 9.17) is 4.42 Å². The van der Waals surface area contributed by atoms with E-state index in [2.05, 4.69) is 20.9 Å². The Morgan fingerprint density at radius 3 is 2.59 bits per heavy atom. The Morgan fingerprint density at radius 2 is 1.82 bits per heavy atom. The lowest BCUT2D eigenvalue weighted by Crippen LogP contribution is -2.28. The molecule has 22 heavy (non-hydrogen) atoms. The quantitative estimate of drug-likeness (QED) is 0.705. The summed E-state index contributed by atoms with van der Waals surface area (Å²) in [4.78, 5) is 29.9. The molecule has 1 heterocycles. The van der Waals surface area contributed by atoms with Crippen LogP contribution in [0, 0.1) is 0 Å². The molecule has 1 amide bonds. The van der Waals surface area contributed by atoms with E-state index in [1.165, 1.54) is 11.9 Å². The minimum atomic E-state index is -0.521. The number of hydrogen-bond donors (Lipinski definition) is 0. The summed E-state index contributed by atoms with van der Waals surface area (Å²) < 4.78 is 5.82. The molecule has 2 aromatic carbocycles. The van der Waals surface area contributed by atoms with Crippen molar-refractivity contribution in [2.24, 2.45) is 0 Å². The molecule has 6 heteroatoms. The predicted molar refractivity (Wildman–Crippen MR) is 87.2 cm³/mol. The molecule has 0 fully saturated rings. The van der Waals surface area contributed by atoms with E-state index in [1.807, 2.05) is 6.07 Å². The molecular formula is C16H11BrN2O3. The van der Waals surface area contributed by atoms with Gasteiger partial charge in [-0.15, -0.1) is 0 Å². The molecule has 0 bridgehead atoms. The number of amides is 1. The number of carbonyl (C=O) groups is 1. The van der Waals surface area contributed by atoms with E-state index in [-0.39, 0.29) is 11.9 Å². The Bertz CT molecular complexity index is 920. The molecule has 110 valence electrons. The number of benzene rings is 2. The van der Waals surface area contributed by atoms with Crippen molar-refractivity contribution in [3.05, 3.63) is 69.0 Å². The lowest BCUT2D eigenvalue weighted by Gasteiger charge is -2.15. The molecule has 0 spiro atoms. The Balaban J connectivity index is 2.06. The summed E-state index contributed by atoms with van der Waals surface area (Å²) in [5, 5.41) is 0.382. The van der Waals surface area contributed by atoms with Crippen molar-refractivity contribution < 1.29 is 9.21 Å². The van der Waals surface area contributed by atoms with Gasteiger partial charge in [0.1, 0.15) is 0 Å². The first-order valence-electron chi connectivity index (χ1n) is 6.50. The highest BCUT2D eigenvalue weighted by Gasteiger charge is 2.20. The van der Waals surface area contributed by atoms with Crippen molar-refractivity contribution in [2.75, 3.05) is 11.9 Å². The van der Waals surface area contributed by atoms with Crippen molar-refractivity contribution in [3.8, 4) is 0 Å². The summed E-state index contributed by atoms with van der Waals surface area (Å²) in [5.41, 5.74) is 0.426. The van der Waals surface area contributed by atoms with Crippen molar-refractivity contribution in [2.45, 2.75) is 0 Å². The smallest absolute Gasteiger partial charge is 0.348 e. The molecule has 0 saturated carbocycles. The molecule has 5 nitrogen and oxygen atoms in total. The topological polar surface area (TPSA) is 63.4 Å². The number of rotatable bonds is 2. The van der Waals surface area contributed by atoms with Gasteiger partial charge in [-0.05, 0) is 40.2 Å². The Kier molecular flexibility index (Phi) is 3.77. The molecule has 0 N–H and O–H groups in total. The standard InChI is InChI=1S/C16H11BrN2O3/c1-19(14(20)10-6-2-4-8-12(10)17)16-18-13-9-5-3-7-11(13)15(21)22-16/h2-9H,1H3. The van der Waals surface area contributed by atoms with Crippen LogP contribution in [0.2, 0.25) is 0 Å². The molecule has 0 aliphatic carbocycles. The van der Waals surface area contributed by atoms with Gasteiger partial charge in [-0.2, -0.15) is 4.98 Å². The number of hydrogen-bond acceptors (Lipinski definition) is 4. The lowest BCUT2D eigenvalue weighted by atomic mass is 10.2. The van der Waals surface area contributed by atoms with Gasteiger partial charge in [-0.25, -0.2) is 4.79 Å². The van der Waals surface area contributed by atoms with Crippen LogP contribution in [0.4, 0.5) is 6.01 Å². The summed E-state index contributed by atoms with van der Waals surface area (Å²) in [5.74, 6) is -0.321. The zero-order chi connectivity index (χ0) is 15.7. The van der Waals surface area contributed by atoms with E-state index in [1.54, 1.807) is 42.5 Å². The number of aromatic nitrogens is 1. The fraction of sp³-hybridized carbons (Fsp3) is 0.0625. The molecule has 0 saturated heterocycles. The second-order valence-electron chi connectivity index (χ2n) is 4.65. The maximum absolute atomic E-state index is 12.5. The van der Waals surface area contributed by atoms with E-state index in [9.17, 15) is 9.59 Å². The average Bonchev–Trinajstić information content (AvgIpc) is 2.54. The summed E-state index contributed by atoms with van der Waals surface area (Å²) >= 11 is 3.33. The number of para-hydroxylation sites is 1. The number of nitrogens with zero attached hydrogens (tertiary/aromatic N) is 2. The monoisotopic (exact) mass is 358 g/mol. The molecule has 3 aromatic rings. The fourth-order valence-corrected chi connectivity index (χ4v) is 2.51. The summed E-state index contributed by atoms with van der Waals surface area (Å²) in [6.07, 6.45) is 0. The van der Waals surface area contributed by atoms with Gasteiger partial charge in [-0.1, -0.05) is 24.3 Å². The number of halogens is 1. The van der Waals surface area contributed by atoms with Crippen LogP contribution in [0.1, 0.15) is 10.4 Å². The number of carbonyl (C=O) groups excluding carboxylic acids is 1. The van der Waals surface area contributed by atoms with Crippen LogP contribution in [0.3, 0.4) is 0 Å². The summed E-state index contributed by atoms with van der Waals surface area (Å²) in [6.45, 7) is 0. The zero-order valence-electron chi connectivity index (χ0n) is 11.6. The van der Waals surface area contributed by atoms with Crippen molar-refractivity contribution in [3.63, 3.8) is 0 Å². The second-order valence-corrected chi connectivity index (χ2v) is 5.50. The third kappa shape index (κ3) is 2.53. The third-order valence-electron chi connectivity index (χ3n) is 3.22. The van der Waals surface area contributed by atoms with Gasteiger partial charge >= 0.3 is 11.6 Å². The van der Waals surface area contributed by atoms with Gasteiger partial charge in [0.15, 0.2) is 0 Å². The van der Waals surface area contributed by atoms with Crippen molar-refractivity contribution in [1.29, 1.82) is 0 Å². The lowest BCUT2D eigenvalue weighted by molar-refractivity contribution is 0.0986. The first-order valence-corrected chi connectivity index (χ1v) is 7.29. The van der Waals surface area contributed by atoms with Gasteiger partial charge in [0.2, 0.25) is 0 Å². The van der Waals surface area contributed by atoms with Crippen LogP contribution in [0.25, 0.3) is 10.9 Å². The molecule has 0 aliphatic heterocycles. The first-order chi connectivity index (χ1) is 10.6. The molecule has 0 atom stereocenters. The predicted octanol–water partition coefficient (Wildman–Crippen LogP) is 3.23. The molecule has 1 aromatic heterocycles. The molecule has 0 aliphatic rings. The van der Waals surface area contributed by atoms with Gasteiger partial charge in [0.25, 0.3) is 5.91 Å². The van der Waals surface area contributed by atoms with E-state index < -0.39 is 5.63 Å². The average molecular weight is 359 g/mol. The Morgan fingerprint density at radius 1 is 1.14 bits per heavy atom. The molecule has 0 unspecified atom stereocenters. The van der Waals surface area contributed by atoms with Crippen molar-refractivity contribution >= 4 is 38.8 Å². The summed E-state index contributed by atoms with van der Waals surface area (Å²) in [6, 6.07) is 13.8. The van der Waals surface area contributed by atoms with Crippen LogP contribution < -0.4 is 10.5 Å². The molecular weight excluding hydrogens is 348 g/mol. The summed E-state index contributed by atoms with van der Waals surface area (Å²) in [7, 11) is 1.52. The minimum absolute atomic E-state index is 0.0375. The highest BCUT2D eigenvalue weighted by molar-refractivity contribution is 9.10. The molecule has 3 rings (SSSR count). The third-order valence-corrected chi connectivity index (χ3v) is 3.91. The fourth-order valence-electron chi connectivity index (χ4n) is 2.05. The Hall–Kier alpha value is -2.47. The van der Waals surface area contributed by atoms with Crippen LogP contribution in [0.15, 0.2) is 62.2 Å². The highest BCUT2D eigenvalue weighted by atomic mass is 79.9. The highest BCUT2D eigenvalue weighted by Crippen LogP contribution is 2.20. The number of anilines is 1. The van der Waals surface area contributed by atoms with E-state index >= 15 is 0 Å². The number of fused-ring (bicyclic) bond motifs is 1. The van der Waals surface area contributed by atoms with Crippen molar-refractivity contribution in [1.82, 2.24) is 4.98 Å². The minimum Gasteiger partial charge on any atom is -0.388 e. The van der Waals surface area contributed by atoms with Crippen LogP contribution in [-0.4, -0.2) is 17.9 Å². The Labute approximate surface area is 134 Å². The maximum Gasteiger partial charge on any atom is 0.348 e. The first kappa shape index (κ1) is 14.5. The van der Waals surface area contributed by atoms with Crippen LogP contribution >= 0.6 is 15.9 Å². The maximum atomic E-state index is 12.5. The zero-order valence-corrected chi connectivity index (χ0v) is 13.2. The molecule has 0 radical (unpaired) electrons. The normalized spacial score (nSPS) is 10.6. The van der Waals surface area contributed by atoms with E-state index in [0.29, 0.717) is 20.9 Å². The van der Waals surface area contributed by atoms with Gasteiger partial charge in [0.05, 0.1) is 16.5 Å². The van der Waals surface area contributed by atoms with Gasteiger partial charge < -0.3 is 4.42 Å². The van der Waals surface area contributed by atoms with Crippen LogP contribution in [-0.2, 0) is 0 Å². The van der Waals surface area contributed by atoms with Crippen LogP contribution in [0.5, 0.6) is 0 Å². The van der Waals surface area contributed by atoms with Gasteiger partial charge in [0, 0.05) is 11.5 Å². The van der Waals surface area contributed by atoms with Gasteiger partial charge in [-0.3, -0.25) is 9.69 Å². The largest absolute Gasteiger partial charge is 0.388 e. The van der Waals surface area contributed by atoms with E-state index in [0.717, 1.165) is 0 Å². The SMILES string of the molecule is CN(C(=O)c1ccccc1Br)c1nc2ccccc2c(=O)o1. The second kappa shape index (κ2) is 5.73.